The number of nitrogens with zero attached hydrogens (tertiary/aromatic N) is 1. The van der Waals surface area contributed by atoms with Crippen molar-refractivity contribution in [3.63, 3.8) is 0 Å². The minimum atomic E-state index is 0. The van der Waals surface area contributed by atoms with Crippen molar-refractivity contribution in [2.24, 2.45) is 10.9 Å². The molecule has 0 atom stereocenters. The van der Waals surface area contributed by atoms with Gasteiger partial charge >= 0.3 is 0 Å². The van der Waals surface area contributed by atoms with Gasteiger partial charge in [0.1, 0.15) is 5.75 Å². The lowest BCUT2D eigenvalue weighted by Gasteiger charge is -2.13. The van der Waals surface area contributed by atoms with Crippen LogP contribution in [0.1, 0.15) is 32.3 Å². The lowest BCUT2D eigenvalue weighted by atomic mass is 10.2. The quantitative estimate of drug-likeness (QED) is 0.251. The van der Waals surface area contributed by atoms with Crippen molar-refractivity contribution in [2.45, 2.75) is 33.2 Å². The lowest BCUT2D eigenvalue weighted by molar-refractivity contribution is 0.152. The third-order valence-electron chi connectivity index (χ3n) is 3.64. The summed E-state index contributed by atoms with van der Waals surface area (Å²) < 4.78 is 11.3. The summed E-state index contributed by atoms with van der Waals surface area (Å²) in [6.07, 6.45) is 2.60. The summed E-state index contributed by atoms with van der Waals surface area (Å²) in [7, 11) is 0. The fraction of sp³-hybridized carbons (Fsp3) is 0.611. The van der Waals surface area contributed by atoms with Crippen molar-refractivity contribution in [2.75, 3.05) is 32.9 Å². The van der Waals surface area contributed by atoms with Crippen LogP contribution in [0, 0.1) is 5.92 Å². The Morgan fingerprint density at radius 3 is 2.71 bits per heavy atom. The minimum absolute atomic E-state index is 0. The molecule has 0 aliphatic heterocycles. The largest absolute Gasteiger partial charge is 0.493 e. The Morgan fingerprint density at radius 1 is 1.21 bits per heavy atom. The van der Waals surface area contributed by atoms with Gasteiger partial charge in [0.2, 0.25) is 0 Å². The van der Waals surface area contributed by atoms with E-state index in [0.717, 1.165) is 49.5 Å². The van der Waals surface area contributed by atoms with Crippen molar-refractivity contribution in [3.05, 3.63) is 29.8 Å². The number of aliphatic imine (C=N–C) groups is 1. The molecule has 0 heterocycles. The second-order valence-corrected chi connectivity index (χ2v) is 5.68. The highest BCUT2D eigenvalue weighted by atomic mass is 127. The van der Waals surface area contributed by atoms with E-state index in [9.17, 15) is 0 Å². The Bertz CT molecular complexity index is 493. The van der Waals surface area contributed by atoms with Gasteiger partial charge in [-0.25, -0.2) is 4.99 Å². The van der Waals surface area contributed by atoms with Crippen LogP contribution in [0.15, 0.2) is 29.3 Å². The van der Waals surface area contributed by atoms with Crippen LogP contribution in [0.2, 0.25) is 0 Å². The highest BCUT2D eigenvalue weighted by molar-refractivity contribution is 14.0. The van der Waals surface area contributed by atoms with E-state index in [1.807, 2.05) is 25.1 Å². The maximum absolute atomic E-state index is 5.94. The van der Waals surface area contributed by atoms with Crippen LogP contribution >= 0.6 is 24.0 Å². The molecule has 24 heavy (non-hydrogen) atoms. The average Bonchev–Trinajstić information content (AvgIpc) is 3.39. The number of hydrogen-bond acceptors (Lipinski definition) is 3. The van der Waals surface area contributed by atoms with Crippen molar-refractivity contribution in [1.82, 2.24) is 10.6 Å². The maximum Gasteiger partial charge on any atom is 0.191 e. The van der Waals surface area contributed by atoms with E-state index in [1.165, 1.54) is 12.8 Å². The predicted molar refractivity (Wildman–Crippen MR) is 109 cm³/mol. The Morgan fingerprint density at radius 2 is 2.00 bits per heavy atom. The molecule has 5 nitrogen and oxygen atoms in total. The molecule has 136 valence electrons. The van der Waals surface area contributed by atoms with Gasteiger partial charge in [0, 0.05) is 25.3 Å². The van der Waals surface area contributed by atoms with Gasteiger partial charge in [-0.05, 0) is 38.7 Å². The summed E-state index contributed by atoms with van der Waals surface area (Å²) in [5, 5.41) is 6.53. The SMILES string of the molecule is CCNC(=NCc1ccccc1OCC1CC1)NCCOCC.I. The molecule has 1 aromatic carbocycles. The molecule has 0 spiro atoms. The Balaban J connectivity index is 0.00000288. The van der Waals surface area contributed by atoms with Gasteiger partial charge < -0.3 is 20.1 Å². The normalized spacial score (nSPS) is 14.0. The van der Waals surface area contributed by atoms with Crippen molar-refractivity contribution in [3.8, 4) is 5.75 Å². The number of hydrogen-bond donors (Lipinski definition) is 2. The van der Waals surface area contributed by atoms with Crippen LogP contribution in [-0.4, -0.2) is 38.9 Å². The molecule has 6 heteroatoms. The van der Waals surface area contributed by atoms with E-state index >= 15 is 0 Å². The molecule has 0 saturated heterocycles. The van der Waals surface area contributed by atoms with E-state index in [2.05, 4.69) is 28.6 Å². The molecule has 1 aliphatic carbocycles. The van der Waals surface area contributed by atoms with Crippen molar-refractivity contribution in [1.29, 1.82) is 0 Å². The Kier molecular flexibility index (Phi) is 10.8. The molecule has 2 N–H and O–H groups in total. The first-order valence-corrected chi connectivity index (χ1v) is 8.64. The number of rotatable bonds is 10. The minimum Gasteiger partial charge on any atom is -0.493 e. The van der Waals surface area contributed by atoms with Gasteiger partial charge in [0.15, 0.2) is 5.96 Å². The highest BCUT2D eigenvalue weighted by Crippen LogP contribution is 2.30. The zero-order chi connectivity index (χ0) is 16.3. The van der Waals surface area contributed by atoms with Crippen LogP contribution in [0.5, 0.6) is 5.75 Å². The summed E-state index contributed by atoms with van der Waals surface area (Å²) in [5.74, 6) is 2.52. The molecule has 0 bridgehead atoms. The van der Waals surface area contributed by atoms with Crippen LogP contribution in [0.25, 0.3) is 0 Å². The van der Waals surface area contributed by atoms with Crippen LogP contribution in [0.4, 0.5) is 0 Å². The fourth-order valence-electron chi connectivity index (χ4n) is 2.16. The molecule has 1 saturated carbocycles. The predicted octanol–water partition coefficient (Wildman–Crippen LogP) is 3.19. The van der Waals surface area contributed by atoms with E-state index in [1.54, 1.807) is 0 Å². The molecule has 0 amide bonds. The van der Waals surface area contributed by atoms with Crippen LogP contribution < -0.4 is 15.4 Å². The summed E-state index contributed by atoms with van der Waals surface area (Å²) in [6, 6.07) is 8.16. The third-order valence-corrected chi connectivity index (χ3v) is 3.64. The highest BCUT2D eigenvalue weighted by Gasteiger charge is 2.22. The molecule has 1 aromatic rings. The number of para-hydroxylation sites is 1. The van der Waals surface area contributed by atoms with E-state index in [4.69, 9.17) is 9.47 Å². The topological polar surface area (TPSA) is 54.9 Å². The second kappa shape index (κ2) is 12.4. The first-order chi connectivity index (χ1) is 11.3. The molecule has 0 radical (unpaired) electrons. The molecule has 1 fully saturated rings. The average molecular weight is 447 g/mol. The number of guanidine groups is 1. The first-order valence-electron chi connectivity index (χ1n) is 8.64. The first kappa shape index (κ1) is 21.0. The summed E-state index contributed by atoms with van der Waals surface area (Å²) >= 11 is 0. The Hall–Kier alpha value is -1.02. The van der Waals surface area contributed by atoms with Gasteiger partial charge in [-0.2, -0.15) is 0 Å². The number of nitrogens with one attached hydrogen (secondary N) is 2. The molecular formula is C18H30IN3O2. The monoisotopic (exact) mass is 447 g/mol. The number of ether oxygens (including phenoxy) is 2. The van der Waals surface area contributed by atoms with E-state index in [-0.39, 0.29) is 24.0 Å². The van der Waals surface area contributed by atoms with Gasteiger partial charge in [0.05, 0.1) is 19.8 Å². The van der Waals surface area contributed by atoms with Gasteiger partial charge in [-0.15, -0.1) is 24.0 Å². The van der Waals surface area contributed by atoms with Gasteiger partial charge in [-0.1, -0.05) is 18.2 Å². The molecular weight excluding hydrogens is 417 g/mol. The van der Waals surface area contributed by atoms with Crippen molar-refractivity contribution < 1.29 is 9.47 Å². The van der Waals surface area contributed by atoms with Crippen LogP contribution in [-0.2, 0) is 11.3 Å². The fourth-order valence-corrected chi connectivity index (χ4v) is 2.16. The van der Waals surface area contributed by atoms with E-state index < -0.39 is 0 Å². The smallest absolute Gasteiger partial charge is 0.191 e. The number of benzene rings is 1. The zero-order valence-electron chi connectivity index (χ0n) is 14.7. The molecule has 2 rings (SSSR count). The lowest BCUT2D eigenvalue weighted by Crippen LogP contribution is -2.39. The third kappa shape index (κ3) is 8.19. The van der Waals surface area contributed by atoms with Crippen molar-refractivity contribution >= 4 is 29.9 Å². The summed E-state index contributed by atoms with van der Waals surface area (Å²) in [5.41, 5.74) is 1.12. The molecule has 1 aliphatic rings. The second-order valence-electron chi connectivity index (χ2n) is 5.68. The van der Waals surface area contributed by atoms with E-state index in [0.29, 0.717) is 13.2 Å². The Labute approximate surface area is 162 Å². The molecule has 0 aromatic heterocycles. The van der Waals surface area contributed by atoms with Gasteiger partial charge in [-0.3, -0.25) is 0 Å². The molecule has 0 unspecified atom stereocenters. The van der Waals surface area contributed by atoms with Crippen LogP contribution in [0.3, 0.4) is 0 Å². The summed E-state index contributed by atoms with van der Waals surface area (Å²) in [6.45, 7) is 8.49. The van der Waals surface area contributed by atoms with Gasteiger partial charge in [0.25, 0.3) is 0 Å². The number of halogens is 1. The maximum atomic E-state index is 5.94. The summed E-state index contributed by atoms with van der Waals surface area (Å²) in [4.78, 5) is 4.64. The zero-order valence-corrected chi connectivity index (χ0v) is 17.0. The standard InChI is InChI=1S/C18H29N3O2.HI/c1-3-19-18(20-11-12-22-4-2)21-13-16-7-5-6-8-17(16)23-14-15-9-10-15;/h5-8,15H,3-4,9-14H2,1-2H3,(H2,19,20,21);1H.